The van der Waals surface area contributed by atoms with Gasteiger partial charge in [-0.25, -0.2) is 14.8 Å². The molecule has 1 fully saturated rings. The van der Waals surface area contributed by atoms with Gasteiger partial charge in [0.15, 0.2) is 0 Å². The molecule has 2 aromatic carbocycles. The molecule has 4 rings (SSSR count). The Balaban J connectivity index is 1.50. The summed E-state index contributed by atoms with van der Waals surface area (Å²) >= 11 is 0. The minimum absolute atomic E-state index is 0.0717. The minimum Gasteiger partial charge on any atom is -0.508 e. The predicted molar refractivity (Wildman–Crippen MR) is 147 cm³/mol. The van der Waals surface area contributed by atoms with E-state index in [1.165, 1.54) is 33.2 Å². The van der Waals surface area contributed by atoms with Crippen molar-refractivity contribution in [2.45, 2.75) is 32.5 Å². The third-order valence-corrected chi connectivity index (χ3v) is 6.67. The van der Waals surface area contributed by atoms with Crippen molar-refractivity contribution in [3.63, 3.8) is 0 Å². The van der Waals surface area contributed by atoms with Crippen LogP contribution in [0.1, 0.15) is 23.8 Å². The fraction of sp³-hybridized carbons (Fsp3) is 0.345. The van der Waals surface area contributed by atoms with Crippen LogP contribution in [0.15, 0.2) is 71.3 Å². The Bertz CT molecular complexity index is 1280. The lowest BCUT2D eigenvalue weighted by Crippen LogP contribution is -2.65. The van der Waals surface area contributed by atoms with E-state index in [1.807, 2.05) is 31.2 Å². The lowest BCUT2D eigenvalue weighted by molar-refractivity contribution is -0.161. The molecule has 2 N–H and O–H groups in total. The summed E-state index contributed by atoms with van der Waals surface area (Å²) in [6.45, 7) is 2.82. The van der Waals surface area contributed by atoms with Gasteiger partial charge in [0.25, 0.3) is 0 Å². The second-order valence-electron chi connectivity index (χ2n) is 9.62. The number of urea groups is 1. The summed E-state index contributed by atoms with van der Waals surface area (Å²) < 4.78 is 10.9. The molecule has 2 heterocycles. The molecule has 1 aromatic heterocycles. The molecule has 11 heteroatoms. The van der Waals surface area contributed by atoms with Gasteiger partial charge >= 0.3 is 6.03 Å². The van der Waals surface area contributed by atoms with Gasteiger partial charge in [0, 0.05) is 27.1 Å². The summed E-state index contributed by atoms with van der Waals surface area (Å²) in [7, 11) is 3.31. The van der Waals surface area contributed by atoms with E-state index < -0.39 is 12.1 Å². The minimum atomic E-state index is -0.882. The van der Waals surface area contributed by atoms with Gasteiger partial charge in [-0.1, -0.05) is 24.3 Å². The summed E-state index contributed by atoms with van der Waals surface area (Å²) in [4.78, 5) is 43.1. The van der Waals surface area contributed by atoms with Gasteiger partial charge in [0.05, 0.1) is 26.0 Å². The van der Waals surface area contributed by atoms with Gasteiger partial charge in [-0.2, -0.15) is 0 Å². The second-order valence-corrected chi connectivity index (χ2v) is 9.62. The third-order valence-electron chi connectivity index (χ3n) is 6.67. The molecular formula is C29H35N5O6. The first-order valence-corrected chi connectivity index (χ1v) is 13.1. The van der Waals surface area contributed by atoms with E-state index in [0.29, 0.717) is 12.4 Å². The normalized spacial score (nSPS) is 14.6. The smallest absolute Gasteiger partial charge is 0.333 e. The maximum Gasteiger partial charge on any atom is 0.333 e. The molecule has 0 spiro atoms. The number of amides is 4. The van der Waals surface area contributed by atoms with E-state index in [4.69, 9.17) is 9.15 Å². The van der Waals surface area contributed by atoms with E-state index in [1.54, 1.807) is 43.4 Å². The topological polar surface area (TPSA) is 119 Å². The number of hydrazine groups is 1. The number of benzene rings is 2. The number of aromatic hydroxyl groups is 1. The number of nitrogens with zero attached hydrogens (tertiary/aromatic N) is 4. The number of likely N-dealkylation sites (N-methyl/N-ethyl adjacent to an activating group) is 2. The number of rotatable bonds is 10. The molecule has 0 bridgehead atoms. The van der Waals surface area contributed by atoms with Crippen LogP contribution in [0.4, 0.5) is 4.79 Å². The molecule has 0 saturated carbocycles. The van der Waals surface area contributed by atoms with Crippen molar-refractivity contribution in [2.75, 3.05) is 33.9 Å². The van der Waals surface area contributed by atoms with Crippen LogP contribution < -0.4 is 10.1 Å². The summed E-state index contributed by atoms with van der Waals surface area (Å²) in [5.74, 6) is 0.898. The predicted octanol–water partition coefficient (Wildman–Crippen LogP) is 2.81. The SMILES string of the molecule is CCOc1ccc(CNC(=O)N2CN(C(Cc3ccc(O)cc3)C(=O)N(C)Cc3ccco3)C(=O)CN2C)cc1. The van der Waals surface area contributed by atoms with Crippen molar-refractivity contribution in [1.82, 2.24) is 25.1 Å². The molecule has 1 aliphatic heterocycles. The quantitative estimate of drug-likeness (QED) is 0.399. The molecule has 1 saturated heterocycles. The first kappa shape index (κ1) is 28.5. The molecule has 0 aliphatic carbocycles. The van der Waals surface area contributed by atoms with E-state index in [-0.39, 0.29) is 50.3 Å². The van der Waals surface area contributed by atoms with E-state index in [0.717, 1.165) is 16.9 Å². The molecule has 0 radical (unpaired) electrons. The third kappa shape index (κ3) is 7.11. The lowest BCUT2D eigenvalue weighted by Gasteiger charge is -2.44. The number of furan rings is 1. The van der Waals surface area contributed by atoms with Crippen LogP contribution in [0.3, 0.4) is 0 Å². The Morgan fingerprint density at radius 2 is 1.80 bits per heavy atom. The number of phenolic OH excluding ortho intramolecular Hbond substituents is 1. The van der Waals surface area contributed by atoms with Gasteiger partial charge in [-0.15, -0.1) is 0 Å². The highest BCUT2D eigenvalue weighted by Crippen LogP contribution is 2.20. The molecule has 1 unspecified atom stereocenters. The van der Waals surface area contributed by atoms with Crippen LogP contribution in [0.5, 0.6) is 11.5 Å². The number of carbonyl (C=O) groups excluding carboxylic acids is 3. The number of ether oxygens (including phenoxy) is 1. The van der Waals surface area contributed by atoms with Crippen molar-refractivity contribution in [1.29, 1.82) is 0 Å². The van der Waals surface area contributed by atoms with Crippen molar-refractivity contribution in [2.24, 2.45) is 0 Å². The molecule has 1 aliphatic rings. The van der Waals surface area contributed by atoms with Crippen molar-refractivity contribution in [3.8, 4) is 11.5 Å². The molecule has 3 aromatic rings. The second kappa shape index (κ2) is 13.0. The van der Waals surface area contributed by atoms with E-state index in [9.17, 15) is 19.5 Å². The number of carbonyl (C=O) groups is 3. The molecule has 11 nitrogen and oxygen atoms in total. The average molecular weight is 550 g/mol. The fourth-order valence-corrected chi connectivity index (χ4v) is 4.49. The number of hydrogen-bond acceptors (Lipinski definition) is 7. The Kier molecular flexibility index (Phi) is 9.28. The highest BCUT2D eigenvalue weighted by molar-refractivity contribution is 5.89. The van der Waals surface area contributed by atoms with Crippen LogP contribution in [0.2, 0.25) is 0 Å². The Morgan fingerprint density at radius 3 is 2.45 bits per heavy atom. The number of phenols is 1. The zero-order chi connectivity index (χ0) is 28.6. The number of hydrogen-bond donors (Lipinski definition) is 2. The van der Waals surface area contributed by atoms with Crippen molar-refractivity contribution < 1.29 is 28.6 Å². The number of nitrogens with one attached hydrogen (secondary N) is 1. The molecule has 40 heavy (non-hydrogen) atoms. The summed E-state index contributed by atoms with van der Waals surface area (Å²) in [6, 6.07) is 16.2. The van der Waals surface area contributed by atoms with E-state index in [2.05, 4.69) is 5.32 Å². The molecule has 1 atom stereocenters. The Hall–Kier alpha value is -4.51. The molecule has 4 amide bonds. The fourth-order valence-electron chi connectivity index (χ4n) is 4.49. The Morgan fingerprint density at radius 1 is 1.10 bits per heavy atom. The van der Waals surface area contributed by atoms with Crippen molar-refractivity contribution in [3.05, 3.63) is 83.8 Å². The first-order valence-electron chi connectivity index (χ1n) is 13.1. The lowest BCUT2D eigenvalue weighted by atomic mass is 10.0. The Labute approximate surface area is 233 Å². The van der Waals surface area contributed by atoms with Crippen molar-refractivity contribution >= 4 is 17.8 Å². The largest absolute Gasteiger partial charge is 0.508 e. The molecular weight excluding hydrogens is 514 g/mol. The highest BCUT2D eigenvalue weighted by atomic mass is 16.5. The van der Waals surface area contributed by atoms with Crippen LogP contribution in [0.25, 0.3) is 0 Å². The van der Waals surface area contributed by atoms with E-state index >= 15 is 0 Å². The van der Waals surface area contributed by atoms with Crippen LogP contribution in [-0.2, 0) is 29.1 Å². The van der Waals surface area contributed by atoms with Gasteiger partial charge in [0.1, 0.15) is 30.0 Å². The zero-order valence-corrected chi connectivity index (χ0v) is 22.9. The average Bonchev–Trinajstić information content (AvgIpc) is 3.45. The van der Waals surface area contributed by atoms with Gasteiger partial charge < -0.3 is 29.4 Å². The van der Waals surface area contributed by atoms with Crippen LogP contribution in [0, 0.1) is 0 Å². The monoisotopic (exact) mass is 549 g/mol. The van der Waals surface area contributed by atoms with Gasteiger partial charge in [-0.05, 0) is 54.4 Å². The first-order chi connectivity index (χ1) is 19.2. The maximum absolute atomic E-state index is 13.7. The van der Waals surface area contributed by atoms with Crippen LogP contribution >= 0.6 is 0 Å². The highest BCUT2D eigenvalue weighted by Gasteiger charge is 2.39. The standard InChI is InChI=1S/C29H35N5O6/c1-4-39-24-13-9-22(10-14-24)17-30-29(38)34-20-33(27(36)19-32(34)3)26(16-21-7-11-23(35)12-8-21)28(37)31(2)18-25-6-5-15-40-25/h5-15,26,35H,4,16-20H2,1-3H3,(H,30,38). The van der Waals surface area contributed by atoms with Gasteiger partial charge in [0.2, 0.25) is 11.8 Å². The molecule has 212 valence electrons. The zero-order valence-electron chi connectivity index (χ0n) is 22.9. The summed E-state index contributed by atoms with van der Waals surface area (Å²) in [6.07, 6.45) is 1.74. The van der Waals surface area contributed by atoms with Gasteiger partial charge in [-0.3, -0.25) is 9.59 Å². The summed E-state index contributed by atoms with van der Waals surface area (Å²) in [5, 5.41) is 15.6. The maximum atomic E-state index is 13.7. The van der Waals surface area contributed by atoms with Crippen LogP contribution in [-0.4, -0.2) is 82.7 Å². The summed E-state index contributed by atoms with van der Waals surface area (Å²) in [5.41, 5.74) is 1.66.